The van der Waals surface area contributed by atoms with Crippen LogP contribution in [0.3, 0.4) is 0 Å². The lowest BCUT2D eigenvalue weighted by molar-refractivity contribution is 0.0831. The zero-order valence-corrected chi connectivity index (χ0v) is 14.8. The lowest BCUT2D eigenvalue weighted by Crippen LogP contribution is -2.26. The number of hydrogen-bond donors (Lipinski definition) is 0. The minimum Gasteiger partial charge on any atom is -0.302 e. The summed E-state index contributed by atoms with van der Waals surface area (Å²) in [7, 11) is 1.95. The van der Waals surface area contributed by atoms with Gasteiger partial charge in [0.15, 0.2) is 0 Å². The van der Waals surface area contributed by atoms with Gasteiger partial charge in [-0.1, -0.05) is 17.7 Å². The SMILES string of the molecule is Cc1ccc(C(=O)N2CCS/C2=C/c2c(C)nn(C)c2C)cc1. The van der Waals surface area contributed by atoms with Crippen molar-refractivity contribution in [3.63, 3.8) is 0 Å². The first-order chi connectivity index (χ1) is 11.0. The van der Waals surface area contributed by atoms with Crippen LogP contribution >= 0.6 is 11.8 Å². The van der Waals surface area contributed by atoms with E-state index in [-0.39, 0.29) is 5.91 Å². The van der Waals surface area contributed by atoms with E-state index in [4.69, 9.17) is 0 Å². The number of amides is 1. The summed E-state index contributed by atoms with van der Waals surface area (Å²) in [6.45, 7) is 6.84. The fourth-order valence-electron chi connectivity index (χ4n) is 2.73. The first kappa shape index (κ1) is 15.9. The molecule has 1 aromatic carbocycles. The summed E-state index contributed by atoms with van der Waals surface area (Å²) in [5.74, 6) is 1.00. The summed E-state index contributed by atoms with van der Waals surface area (Å²) < 4.78 is 1.88. The van der Waals surface area contributed by atoms with Crippen LogP contribution in [0.25, 0.3) is 6.08 Å². The van der Waals surface area contributed by atoms with Gasteiger partial charge in [-0.2, -0.15) is 5.10 Å². The summed E-state index contributed by atoms with van der Waals surface area (Å²) >= 11 is 1.73. The lowest BCUT2D eigenvalue weighted by atomic mass is 10.1. The highest BCUT2D eigenvalue weighted by Crippen LogP contribution is 2.32. The molecule has 1 aliphatic rings. The summed E-state index contributed by atoms with van der Waals surface area (Å²) in [6, 6.07) is 7.77. The average Bonchev–Trinajstić information content (AvgIpc) is 3.08. The molecule has 2 aromatic rings. The Morgan fingerprint density at radius 2 is 1.91 bits per heavy atom. The van der Waals surface area contributed by atoms with Gasteiger partial charge in [-0.3, -0.25) is 9.48 Å². The Balaban J connectivity index is 1.92. The van der Waals surface area contributed by atoms with Crippen LogP contribution in [0.2, 0.25) is 0 Å². The van der Waals surface area contributed by atoms with Gasteiger partial charge in [-0.25, -0.2) is 0 Å². The van der Waals surface area contributed by atoms with Crippen LogP contribution in [0, 0.1) is 20.8 Å². The maximum Gasteiger partial charge on any atom is 0.258 e. The number of aromatic nitrogens is 2. The van der Waals surface area contributed by atoms with Crippen molar-refractivity contribution in [2.75, 3.05) is 12.3 Å². The van der Waals surface area contributed by atoms with E-state index in [1.165, 1.54) is 0 Å². The quantitative estimate of drug-likeness (QED) is 0.847. The highest BCUT2D eigenvalue weighted by molar-refractivity contribution is 8.03. The number of carbonyl (C=O) groups is 1. The number of aryl methyl sites for hydroxylation is 3. The third-order valence-electron chi connectivity index (χ3n) is 4.21. The Hall–Kier alpha value is -2.01. The molecule has 1 amide bonds. The highest BCUT2D eigenvalue weighted by Gasteiger charge is 2.25. The van der Waals surface area contributed by atoms with E-state index in [1.54, 1.807) is 11.8 Å². The second kappa shape index (κ2) is 6.24. The molecule has 0 atom stereocenters. The lowest BCUT2D eigenvalue weighted by Gasteiger charge is -2.17. The van der Waals surface area contributed by atoms with Crippen LogP contribution in [0.4, 0.5) is 0 Å². The minimum absolute atomic E-state index is 0.0699. The number of carbonyl (C=O) groups excluding carboxylic acids is 1. The zero-order valence-electron chi connectivity index (χ0n) is 14.0. The first-order valence-corrected chi connectivity index (χ1v) is 8.69. The van der Waals surface area contributed by atoms with E-state index in [0.717, 1.165) is 45.4 Å². The fourth-order valence-corrected chi connectivity index (χ4v) is 3.74. The Morgan fingerprint density at radius 1 is 1.22 bits per heavy atom. The van der Waals surface area contributed by atoms with Crippen molar-refractivity contribution in [3.05, 3.63) is 57.4 Å². The molecule has 0 bridgehead atoms. The van der Waals surface area contributed by atoms with Gasteiger partial charge >= 0.3 is 0 Å². The predicted molar refractivity (Wildman–Crippen MR) is 95.3 cm³/mol. The molecule has 0 aliphatic carbocycles. The molecule has 23 heavy (non-hydrogen) atoms. The fraction of sp³-hybridized carbons (Fsp3) is 0.333. The van der Waals surface area contributed by atoms with Gasteiger partial charge in [0.1, 0.15) is 0 Å². The van der Waals surface area contributed by atoms with Gasteiger partial charge in [0, 0.05) is 36.2 Å². The van der Waals surface area contributed by atoms with Crippen molar-refractivity contribution >= 4 is 23.7 Å². The topological polar surface area (TPSA) is 38.1 Å². The van der Waals surface area contributed by atoms with Gasteiger partial charge in [0.25, 0.3) is 5.91 Å². The second-order valence-corrected chi connectivity index (χ2v) is 6.98. The maximum atomic E-state index is 12.8. The Bertz CT molecular complexity index is 774. The summed E-state index contributed by atoms with van der Waals surface area (Å²) in [5, 5.41) is 5.46. The normalized spacial score (nSPS) is 16.3. The highest BCUT2D eigenvalue weighted by atomic mass is 32.2. The molecule has 0 saturated carbocycles. The van der Waals surface area contributed by atoms with Gasteiger partial charge in [0.2, 0.25) is 0 Å². The number of hydrogen-bond acceptors (Lipinski definition) is 3. The molecule has 3 rings (SSSR count). The maximum absolute atomic E-state index is 12.8. The Kier molecular flexibility index (Phi) is 4.31. The molecule has 1 saturated heterocycles. The molecule has 1 aliphatic heterocycles. The summed E-state index contributed by atoms with van der Waals surface area (Å²) in [4.78, 5) is 14.7. The van der Waals surface area contributed by atoms with Crippen molar-refractivity contribution in [1.82, 2.24) is 14.7 Å². The summed E-state index contributed by atoms with van der Waals surface area (Å²) in [6.07, 6.45) is 2.10. The first-order valence-electron chi connectivity index (χ1n) is 7.70. The van der Waals surface area contributed by atoms with Crippen molar-refractivity contribution in [2.45, 2.75) is 20.8 Å². The van der Waals surface area contributed by atoms with E-state index in [0.29, 0.717) is 0 Å². The number of benzene rings is 1. The monoisotopic (exact) mass is 327 g/mol. The van der Waals surface area contributed by atoms with Gasteiger partial charge < -0.3 is 4.90 Å². The van der Waals surface area contributed by atoms with Crippen LogP contribution in [0.15, 0.2) is 29.3 Å². The molecule has 0 unspecified atom stereocenters. The molecule has 1 aromatic heterocycles. The van der Waals surface area contributed by atoms with Crippen molar-refractivity contribution < 1.29 is 4.79 Å². The van der Waals surface area contributed by atoms with Gasteiger partial charge in [0.05, 0.1) is 10.7 Å². The number of thioether (sulfide) groups is 1. The van der Waals surface area contributed by atoms with E-state index in [9.17, 15) is 4.79 Å². The Morgan fingerprint density at radius 3 is 2.52 bits per heavy atom. The molecule has 120 valence electrons. The molecular weight excluding hydrogens is 306 g/mol. The van der Waals surface area contributed by atoms with E-state index >= 15 is 0 Å². The van der Waals surface area contributed by atoms with Gasteiger partial charge in [-0.05, 0) is 39.0 Å². The molecule has 2 heterocycles. The molecule has 5 heteroatoms. The van der Waals surface area contributed by atoms with Crippen LogP contribution in [-0.2, 0) is 7.05 Å². The smallest absolute Gasteiger partial charge is 0.258 e. The molecule has 0 radical (unpaired) electrons. The predicted octanol–water partition coefficient (Wildman–Crippen LogP) is 3.53. The molecule has 1 fully saturated rings. The zero-order chi connectivity index (χ0) is 16.6. The van der Waals surface area contributed by atoms with Crippen LogP contribution < -0.4 is 0 Å². The van der Waals surface area contributed by atoms with Crippen molar-refractivity contribution in [1.29, 1.82) is 0 Å². The average molecular weight is 327 g/mol. The van der Waals surface area contributed by atoms with Gasteiger partial charge in [-0.15, -0.1) is 11.8 Å². The van der Waals surface area contributed by atoms with Crippen molar-refractivity contribution in [3.8, 4) is 0 Å². The van der Waals surface area contributed by atoms with Crippen LogP contribution in [0.5, 0.6) is 0 Å². The number of nitrogens with zero attached hydrogens (tertiary/aromatic N) is 3. The number of rotatable bonds is 2. The second-order valence-electron chi connectivity index (χ2n) is 5.86. The molecule has 0 N–H and O–H groups in total. The minimum atomic E-state index is 0.0699. The third kappa shape index (κ3) is 3.06. The summed E-state index contributed by atoms with van der Waals surface area (Å²) in [5.41, 5.74) is 5.12. The standard InChI is InChI=1S/C18H21N3OS/c1-12-5-7-15(8-6-12)18(22)21-9-10-23-17(21)11-16-13(2)19-20(4)14(16)3/h5-8,11H,9-10H2,1-4H3/b17-11+. The van der Waals surface area contributed by atoms with Crippen LogP contribution in [0.1, 0.15) is 32.9 Å². The molecule has 0 spiro atoms. The largest absolute Gasteiger partial charge is 0.302 e. The van der Waals surface area contributed by atoms with Crippen molar-refractivity contribution in [2.24, 2.45) is 7.05 Å². The Labute approximate surface area is 141 Å². The third-order valence-corrected chi connectivity index (χ3v) is 5.23. The van der Waals surface area contributed by atoms with E-state index in [2.05, 4.69) is 18.1 Å². The van der Waals surface area contributed by atoms with E-state index in [1.807, 2.05) is 54.7 Å². The molecular formula is C18H21N3OS. The van der Waals surface area contributed by atoms with E-state index < -0.39 is 0 Å². The molecule has 4 nitrogen and oxygen atoms in total. The van der Waals surface area contributed by atoms with Crippen LogP contribution in [-0.4, -0.2) is 32.9 Å².